The molecular formula is C11H18N2O. The zero-order valence-corrected chi connectivity index (χ0v) is 8.86. The van der Waals surface area contributed by atoms with Crippen LogP contribution in [0.1, 0.15) is 6.92 Å². The van der Waals surface area contributed by atoms with Crippen LogP contribution in [0.5, 0.6) is 5.75 Å². The van der Waals surface area contributed by atoms with Crippen molar-refractivity contribution >= 4 is 5.69 Å². The van der Waals surface area contributed by atoms with Crippen molar-refractivity contribution in [3.8, 4) is 5.75 Å². The molecule has 0 unspecified atom stereocenters. The molecule has 0 radical (unpaired) electrons. The summed E-state index contributed by atoms with van der Waals surface area (Å²) in [6.45, 7) is 4.23. The normalized spacial score (nSPS) is 9.93. The summed E-state index contributed by atoms with van der Waals surface area (Å²) in [6.07, 6.45) is 0. The van der Waals surface area contributed by atoms with Crippen LogP contribution in [0.2, 0.25) is 0 Å². The van der Waals surface area contributed by atoms with Crippen LogP contribution in [0.3, 0.4) is 0 Å². The second-order valence-corrected chi connectivity index (χ2v) is 3.14. The summed E-state index contributed by atoms with van der Waals surface area (Å²) in [7, 11) is 2.03. The molecule has 0 fully saturated rings. The maximum atomic E-state index is 5.48. The topological polar surface area (TPSA) is 38.5 Å². The molecule has 0 saturated heterocycles. The molecule has 0 aromatic heterocycles. The second-order valence-electron chi connectivity index (χ2n) is 3.14. The number of hydrogen-bond acceptors (Lipinski definition) is 3. The van der Waals surface area contributed by atoms with Crippen LogP contribution in [0, 0.1) is 0 Å². The lowest BCUT2D eigenvalue weighted by molar-refractivity contribution is 0.340. The third kappa shape index (κ3) is 2.92. The highest BCUT2D eigenvalue weighted by Crippen LogP contribution is 2.17. The molecule has 2 N–H and O–H groups in total. The summed E-state index contributed by atoms with van der Waals surface area (Å²) < 4.78 is 5.36. The maximum absolute atomic E-state index is 5.48. The molecule has 0 atom stereocenters. The van der Waals surface area contributed by atoms with E-state index in [1.54, 1.807) is 0 Å². The van der Waals surface area contributed by atoms with E-state index in [1.165, 1.54) is 5.69 Å². The van der Waals surface area contributed by atoms with Gasteiger partial charge in [0.05, 0.1) is 6.61 Å². The highest BCUT2D eigenvalue weighted by Gasteiger charge is 1.99. The van der Waals surface area contributed by atoms with Crippen LogP contribution in [0.25, 0.3) is 0 Å². The fourth-order valence-corrected chi connectivity index (χ4v) is 1.29. The number of anilines is 1. The zero-order chi connectivity index (χ0) is 10.4. The van der Waals surface area contributed by atoms with Gasteiger partial charge in [-0.05, 0) is 31.2 Å². The minimum atomic E-state index is 0.670. The molecule has 1 aromatic rings. The SMILES string of the molecule is CCOc1ccc(N(C)CCN)cc1. The minimum absolute atomic E-state index is 0.670. The van der Waals surface area contributed by atoms with Crippen molar-refractivity contribution in [1.82, 2.24) is 0 Å². The van der Waals surface area contributed by atoms with Crippen molar-refractivity contribution in [3.63, 3.8) is 0 Å². The average molecular weight is 194 g/mol. The van der Waals surface area contributed by atoms with Gasteiger partial charge in [-0.2, -0.15) is 0 Å². The van der Waals surface area contributed by atoms with Crippen LogP contribution < -0.4 is 15.4 Å². The van der Waals surface area contributed by atoms with Gasteiger partial charge in [-0.15, -0.1) is 0 Å². The monoisotopic (exact) mass is 194 g/mol. The number of nitrogens with two attached hydrogens (primary N) is 1. The van der Waals surface area contributed by atoms with Gasteiger partial charge in [0.2, 0.25) is 0 Å². The number of benzene rings is 1. The molecule has 0 aliphatic rings. The van der Waals surface area contributed by atoms with Crippen LogP contribution in [-0.4, -0.2) is 26.7 Å². The quantitative estimate of drug-likeness (QED) is 0.771. The smallest absolute Gasteiger partial charge is 0.119 e. The average Bonchev–Trinajstić information content (AvgIpc) is 2.20. The van der Waals surface area contributed by atoms with Gasteiger partial charge in [-0.3, -0.25) is 0 Å². The van der Waals surface area contributed by atoms with E-state index in [0.29, 0.717) is 13.2 Å². The standard InChI is InChI=1S/C11H18N2O/c1-3-14-11-6-4-10(5-7-11)13(2)9-8-12/h4-7H,3,8-9,12H2,1-2H3. The first-order chi connectivity index (χ1) is 6.77. The van der Waals surface area contributed by atoms with E-state index in [9.17, 15) is 0 Å². The van der Waals surface area contributed by atoms with Crippen molar-refractivity contribution in [2.75, 3.05) is 31.6 Å². The Kier molecular flexibility index (Phi) is 4.26. The maximum Gasteiger partial charge on any atom is 0.119 e. The van der Waals surface area contributed by atoms with Gasteiger partial charge < -0.3 is 15.4 Å². The van der Waals surface area contributed by atoms with Crippen LogP contribution in [0.15, 0.2) is 24.3 Å². The molecule has 1 aromatic carbocycles. The first-order valence-corrected chi connectivity index (χ1v) is 4.92. The molecule has 1 rings (SSSR count). The molecule has 0 bridgehead atoms. The lowest BCUT2D eigenvalue weighted by Crippen LogP contribution is -2.24. The van der Waals surface area contributed by atoms with Gasteiger partial charge >= 0.3 is 0 Å². The predicted octanol–water partition coefficient (Wildman–Crippen LogP) is 1.48. The molecule has 0 heterocycles. The van der Waals surface area contributed by atoms with E-state index < -0.39 is 0 Å². The van der Waals surface area contributed by atoms with Gasteiger partial charge in [0.15, 0.2) is 0 Å². The highest BCUT2D eigenvalue weighted by molar-refractivity contribution is 5.48. The van der Waals surface area contributed by atoms with Gasteiger partial charge in [0.1, 0.15) is 5.75 Å². The Morgan fingerprint density at radius 2 is 1.93 bits per heavy atom. The molecule has 0 saturated carbocycles. The summed E-state index contributed by atoms with van der Waals surface area (Å²) in [6, 6.07) is 8.04. The van der Waals surface area contributed by atoms with Crippen molar-refractivity contribution in [1.29, 1.82) is 0 Å². The van der Waals surface area contributed by atoms with E-state index in [1.807, 2.05) is 38.2 Å². The van der Waals surface area contributed by atoms with Gasteiger partial charge in [-0.1, -0.05) is 0 Å². The molecule has 14 heavy (non-hydrogen) atoms. The molecule has 3 nitrogen and oxygen atoms in total. The Labute approximate surface area is 85.5 Å². The van der Waals surface area contributed by atoms with Crippen molar-refractivity contribution in [3.05, 3.63) is 24.3 Å². The van der Waals surface area contributed by atoms with Crippen molar-refractivity contribution in [2.24, 2.45) is 5.73 Å². The molecule has 0 aliphatic heterocycles. The molecule has 0 amide bonds. The fraction of sp³-hybridized carbons (Fsp3) is 0.455. The molecule has 0 aliphatic carbocycles. The Hall–Kier alpha value is -1.22. The minimum Gasteiger partial charge on any atom is -0.494 e. The number of ether oxygens (including phenoxy) is 1. The molecule has 3 heteroatoms. The number of rotatable bonds is 5. The summed E-state index contributed by atoms with van der Waals surface area (Å²) >= 11 is 0. The van der Waals surface area contributed by atoms with Crippen LogP contribution >= 0.6 is 0 Å². The first-order valence-electron chi connectivity index (χ1n) is 4.92. The number of hydrogen-bond donors (Lipinski definition) is 1. The Bertz CT molecular complexity index is 258. The van der Waals surface area contributed by atoms with Gasteiger partial charge in [0.25, 0.3) is 0 Å². The summed E-state index contributed by atoms with van der Waals surface area (Å²) in [5, 5.41) is 0. The largest absolute Gasteiger partial charge is 0.494 e. The Morgan fingerprint density at radius 3 is 2.43 bits per heavy atom. The van der Waals surface area contributed by atoms with Gasteiger partial charge in [0, 0.05) is 25.8 Å². The summed E-state index contributed by atoms with van der Waals surface area (Å²) in [5.74, 6) is 0.914. The highest BCUT2D eigenvalue weighted by atomic mass is 16.5. The molecule has 0 spiro atoms. The summed E-state index contributed by atoms with van der Waals surface area (Å²) in [4.78, 5) is 2.12. The van der Waals surface area contributed by atoms with Crippen molar-refractivity contribution < 1.29 is 4.74 Å². The third-order valence-corrected chi connectivity index (χ3v) is 2.05. The van der Waals surface area contributed by atoms with Gasteiger partial charge in [-0.25, -0.2) is 0 Å². The van der Waals surface area contributed by atoms with E-state index in [2.05, 4.69) is 4.90 Å². The zero-order valence-electron chi connectivity index (χ0n) is 8.86. The fourth-order valence-electron chi connectivity index (χ4n) is 1.29. The van der Waals surface area contributed by atoms with E-state index in [-0.39, 0.29) is 0 Å². The Morgan fingerprint density at radius 1 is 1.29 bits per heavy atom. The second kappa shape index (κ2) is 5.50. The van der Waals surface area contributed by atoms with E-state index >= 15 is 0 Å². The first kappa shape index (κ1) is 10.9. The number of likely N-dealkylation sites (N-methyl/N-ethyl adjacent to an activating group) is 1. The molecular weight excluding hydrogens is 176 g/mol. The van der Waals surface area contributed by atoms with Crippen molar-refractivity contribution in [2.45, 2.75) is 6.92 Å². The Balaban J connectivity index is 2.62. The lowest BCUT2D eigenvalue weighted by atomic mass is 10.3. The van der Waals surface area contributed by atoms with Crippen LogP contribution in [0.4, 0.5) is 5.69 Å². The van der Waals surface area contributed by atoms with Crippen LogP contribution in [-0.2, 0) is 0 Å². The van der Waals surface area contributed by atoms with E-state index in [0.717, 1.165) is 12.3 Å². The summed E-state index contributed by atoms with van der Waals surface area (Å²) in [5.41, 5.74) is 6.64. The van der Waals surface area contributed by atoms with E-state index in [4.69, 9.17) is 10.5 Å². The molecule has 78 valence electrons. The third-order valence-electron chi connectivity index (χ3n) is 2.05. The lowest BCUT2D eigenvalue weighted by Gasteiger charge is -2.18. The number of nitrogens with zero attached hydrogens (tertiary/aromatic N) is 1. The predicted molar refractivity (Wildman–Crippen MR) is 59.9 cm³/mol.